The number of hydrogen-bond donors (Lipinski definition) is 1. The van der Waals surface area contributed by atoms with Crippen LogP contribution in [0.3, 0.4) is 0 Å². The van der Waals surface area contributed by atoms with Crippen LogP contribution in [-0.4, -0.2) is 16.5 Å². The third kappa shape index (κ3) is 2.06. The molecule has 110 valence electrons. The van der Waals surface area contributed by atoms with Gasteiger partial charge in [0, 0.05) is 30.1 Å². The second-order valence-electron chi connectivity index (χ2n) is 5.20. The molecular formula is C17H15N3OS. The van der Waals surface area contributed by atoms with E-state index in [1.54, 1.807) is 18.4 Å². The van der Waals surface area contributed by atoms with E-state index in [1.165, 1.54) is 4.70 Å². The van der Waals surface area contributed by atoms with Gasteiger partial charge in [-0.3, -0.25) is 4.40 Å². The smallest absolute Gasteiger partial charge is 0.195 e. The summed E-state index contributed by atoms with van der Waals surface area (Å²) in [5.74, 6) is 0. The first kappa shape index (κ1) is 13.3. The SMILES string of the molecule is COCc1cc2sc3nc(-c4ccccc4)cn3c2cc1N. The van der Waals surface area contributed by atoms with Crippen LogP contribution in [0.2, 0.25) is 0 Å². The minimum atomic E-state index is 0.525. The van der Waals surface area contributed by atoms with Crippen molar-refractivity contribution >= 4 is 32.2 Å². The molecule has 5 heteroatoms. The highest BCUT2D eigenvalue weighted by Gasteiger charge is 2.12. The average molecular weight is 309 g/mol. The molecule has 0 unspecified atom stereocenters. The van der Waals surface area contributed by atoms with Crippen LogP contribution < -0.4 is 5.73 Å². The van der Waals surface area contributed by atoms with Gasteiger partial charge in [-0.1, -0.05) is 41.7 Å². The zero-order valence-corrected chi connectivity index (χ0v) is 12.9. The Balaban J connectivity index is 1.90. The molecule has 0 saturated carbocycles. The van der Waals surface area contributed by atoms with E-state index in [9.17, 15) is 0 Å². The fraction of sp³-hybridized carbons (Fsp3) is 0.118. The molecule has 2 aromatic heterocycles. The fourth-order valence-electron chi connectivity index (χ4n) is 2.63. The number of rotatable bonds is 3. The van der Waals surface area contributed by atoms with Crippen molar-refractivity contribution in [2.24, 2.45) is 0 Å². The summed E-state index contributed by atoms with van der Waals surface area (Å²) in [5, 5.41) is 0. The highest BCUT2D eigenvalue weighted by atomic mass is 32.1. The standard InChI is InChI=1S/C17H15N3OS/c1-21-10-12-7-16-15(8-13(12)18)20-9-14(19-17(20)22-16)11-5-3-2-4-6-11/h2-9H,10,18H2,1H3. The number of thiazole rings is 1. The highest BCUT2D eigenvalue weighted by molar-refractivity contribution is 7.23. The number of benzene rings is 2. The summed E-state index contributed by atoms with van der Waals surface area (Å²) in [5.41, 5.74) is 11.1. The summed E-state index contributed by atoms with van der Waals surface area (Å²) < 4.78 is 8.47. The minimum absolute atomic E-state index is 0.525. The third-order valence-corrected chi connectivity index (χ3v) is 4.74. The van der Waals surface area contributed by atoms with E-state index in [2.05, 4.69) is 28.8 Å². The highest BCUT2D eigenvalue weighted by Crippen LogP contribution is 2.32. The Morgan fingerprint density at radius 3 is 2.82 bits per heavy atom. The predicted molar refractivity (Wildman–Crippen MR) is 91.1 cm³/mol. The van der Waals surface area contributed by atoms with Crippen molar-refractivity contribution in [3.63, 3.8) is 0 Å². The van der Waals surface area contributed by atoms with Crippen molar-refractivity contribution in [2.75, 3.05) is 12.8 Å². The van der Waals surface area contributed by atoms with Crippen LogP contribution in [0.4, 0.5) is 5.69 Å². The Bertz CT molecular complexity index is 956. The summed E-state index contributed by atoms with van der Waals surface area (Å²) >= 11 is 1.67. The Morgan fingerprint density at radius 1 is 1.23 bits per heavy atom. The fourth-order valence-corrected chi connectivity index (χ4v) is 3.68. The number of nitrogens with two attached hydrogens (primary N) is 1. The van der Waals surface area contributed by atoms with Gasteiger partial charge in [-0.05, 0) is 12.1 Å². The molecule has 0 atom stereocenters. The maximum absolute atomic E-state index is 6.13. The lowest BCUT2D eigenvalue weighted by molar-refractivity contribution is 0.185. The molecule has 2 N–H and O–H groups in total. The van der Waals surface area contributed by atoms with Crippen molar-refractivity contribution in [3.05, 3.63) is 54.2 Å². The van der Waals surface area contributed by atoms with Crippen LogP contribution in [0.1, 0.15) is 5.56 Å². The molecule has 0 fully saturated rings. The second-order valence-corrected chi connectivity index (χ2v) is 6.21. The Kier molecular flexibility index (Phi) is 3.10. The molecule has 0 aliphatic rings. The Hall–Kier alpha value is -2.37. The predicted octanol–water partition coefficient (Wildman–Crippen LogP) is 3.94. The van der Waals surface area contributed by atoms with Crippen LogP contribution in [0.25, 0.3) is 26.4 Å². The van der Waals surface area contributed by atoms with Gasteiger partial charge in [0.1, 0.15) is 0 Å². The van der Waals surface area contributed by atoms with Crippen molar-refractivity contribution in [2.45, 2.75) is 6.61 Å². The molecule has 4 aromatic rings. The lowest BCUT2D eigenvalue weighted by Gasteiger charge is -2.04. The number of methoxy groups -OCH3 is 1. The summed E-state index contributed by atoms with van der Waals surface area (Å²) in [6.45, 7) is 0.525. The van der Waals surface area contributed by atoms with Gasteiger partial charge in [0.2, 0.25) is 0 Å². The molecule has 0 bridgehead atoms. The van der Waals surface area contributed by atoms with E-state index in [0.29, 0.717) is 6.61 Å². The van der Waals surface area contributed by atoms with Crippen LogP contribution in [0.15, 0.2) is 48.7 Å². The van der Waals surface area contributed by atoms with Crippen molar-refractivity contribution in [1.82, 2.24) is 9.38 Å². The molecule has 2 heterocycles. The van der Waals surface area contributed by atoms with E-state index in [4.69, 9.17) is 15.5 Å². The molecular weight excluding hydrogens is 294 g/mol. The average Bonchev–Trinajstić information content (AvgIpc) is 3.07. The lowest BCUT2D eigenvalue weighted by atomic mass is 10.2. The first-order valence-electron chi connectivity index (χ1n) is 7.00. The van der Waals surface area contributed by atoms with E-state index in [-0.39, 0.29) is 0 Å². The molecule has 22 heavy (non-hydrogen) atoms. The maximum Gasteiger partial charge on any atom is 0.195 e. The largest absolute Gasteiger partial charge is 0.398 e. The molecule has 2 aromatic carbocycles. The lowest BCUT2D eigenvalue weighted by Crippen LogP contribution is -1.96. The monoisotopic (exact) mass is 309 g/mol. The van der Waals surface area contributed by atoms with E-state index < -0.39 is 0 Å². The van der Waals surface area contributed by atoms with Crippen molar-refractivity contribution in [3.8, 4) is 11.3 Å². The van der Waals surface area contributed by atoms with Gasteiger partial charge in [0.05, 0.1) is 22.5 Å². The number of nitrogens with zero attached hydrogens (tertiary/aromatic N) is 2. The van der Waals surface area contributed by atoms with Crippen molar-refractivity contribution < 1.29 is 4.74 Å². The van der Waals surface area contributed by atoms with Crippen LogP contribution in [0.5, 0.6) is 0 Å². The molecule has 0 aliphatic heterocycles. The number of nitrogen functional groups attached to an aromatic ring is 1. The number of imidazole rings is 1. The Morgan fingerprint density at radius 2 is 2.05 bits per heavy atom. The van der Waals surface area contributed by atoms with Crippen molar-refractivity contribution in [1.29, 1.82) is 0 Å². The van der Waals surface area contributed by atoms with Gasteiger partial charge < -0.3 is 10.5 Å². The second kappa shape index (κ2) is 5.12. The van der Waals surface area contributed by atoms with E-state index >= 15 is 0 Å². The van der Waals surface area contributed by atoms with Gasteiger partial charge in [-0.2, -0.15) is 0 Å². The number of aromatic nitrogens is 2. The first-order chi connectivity index (χ1) is 10.8. The summed E-state index contributed by atoms with van der Waals surface area (Å²) in [7, 11) is 1.68. The number of anilines is 1. The zero-order valence-electron chi connectivity index (χ0n) is 12.1. The molecule has 4 rings (SSSR count). The molecule has 0 aliphatic carbocycles. The summed E-state index contributed by atoms with van der Waals surface area (Å²) in [4.78, 5) is 5.71. The van der Waals surface area contributed by atoms with Gasteiger partial charge in [0.25, 0.3) is 0 Å². The van der Waals surface area contributed by atoms with Crippen LogP contribution >= 0.6 is 11.3 Å². The van der Waals surface area contributed by atoms with Crippen LogP contribution in [-0.2, 0) is 11.3 Å². The molecule has 0 spiro atoms. The van der Waals surface area contributed by atoms with Gasteiger partial charge in [-0.25, -0.2) is 4.98 Å². The summed E-state index contributed by atoms with van der Waals surface area (Å²) in [6.07, 6.45) is 2.07. The van der Waals surface area contributed by atoms with Crippen LogP contribution in [0, 0.1) is 0 Å². The van der Waals surface area contributed by atoms with E-state index in [0.717, 1.165) is 33.0 Å². The quantitative estimate of drug-likeness (QED) is 0.583. The molecule has 0 amide bonds. The minimum Gasteiger partial charge on any atom is -0.398 e. The number of hydrogen-bond acceptors (Lipinski definition) is 4. The third-order valence-electron chi connectivity index (χ3n) is 3.72. The van der Waals surface area contributed by atoms with Gasteiger partial charge in [0.15, 0.2) is 4.96 Å². The normalized spacial score (nSPS) is 11.5. The molecule has 4 nitrogen and oxygen atoms in total. The van der Waals surface area contributed by atoms with Gasteiger partial charge in [-0.15, -0.1) is 0 Å². The van der Waals surface area contributed by atoms with Gasteiger partial charge >= 0.3 is 0 Å². The topological polar surface area (TPSA) is 52.5 Å². The number of fused-ring (bicyclic) bond motifs is 3. The first-order valence-corrected chi connectivity index (χ1v) is 7.82. The molecule has 0 saturated heterocycles. The van der Waals surface area contributed by atoms with E-state index in [1.807, 2.05) is 24.3 Å². The Labute approximate surface area is 131 Å². The number of ether oxygens (including phenoxy) is 1. The summed E-state index contributed by atoms with van der Waals surface area (Å²) in [6, 6.07) is 14.3. The zero-order chi connectivity index (χ0) is 15.1. The molecule has 0 radical (unpaired) electrons. The maximum atomic E-state index is 6.13.